The van der Waals surface area contributed by atoms with Crippen LogP contribution in [0.15, 0.2) is 48.5 Å². The first-order valence-corrected chi connectivity index (χ1v) is 12.2. The van der Waals surface area contributed by atoms with Crippen molar-refractivity contribution < 1.29 is 9.59 Å². The maximum Gasteiger partial charge on any atom is 0.257 e. The van der Waals surface area contributed by atoms with Crippen molar-refractivity contribution in [3.8, 4) is 0 Å². The Morgan fingerprint density at radius 3 is 2.76 bits per heavy atom. The summed E-state index contributed by atoms with van der Waals surface area (Å²) in [6.07, 6.45) is 0.870. The Morgan fingerprint density at radius 2 is 1.94 bits per heavy atom. The number of hydrogen-bond donors (Lipinski definition) is 1. The molecule has 0 spiro atoms. The number of anilines is 2. The summed E-state index contributed by atoms with van der Waals surface area (Å²) in [5.74, 6) is -0.0423. The fraction of sp³-hybridized carbons (Fsp3) is 0.280. The number of carbonyl (C=O) groups excluding carboxylic acids is 2. The molecule has 1 unspecified atom stereocenters. The van der Waals surface area contributed by atoms with E-state index in [1.54, 1.807) is 0 Å². The topological polar surface area (TPSA) is 83.4 Å². The number of nitrogens with one attached hydrogen (secondary N) is 1. The molecule has 0 fully saturated rings. The third kappa shape index (κ3) is 3.19. The molecule has 4 aromatic rings. The lowest BCUT2D eigenvalue weighted by molar-refractivity contribution is -0.116. The van der Waals surface area contributed by atoms with Crippen molar-refractivity contribution in [2.45, 2.75) is 32.5 Å². The Balaban J connectivity index is 1.40. The molecule has 8 nitrogen and oxygen atoms in total. The molecule has 4 heterocycles. The van der Waals surface area contributed by atoms with Crippen molar-refractivity contribution in [1.29, 1.82) is 0 Å². The normalized spacial score (nSPS) is 16.9. The Kier molecular flexibility index (Phi) is 4.88. The van der Waals surface area contributed by atoms with E-state index in [9.17, 15) is 9.59 Å². The molecule has 2 aliphatic heterocycles. The van der Waals surface area contributed by atoms with E-state index in [2.05, 4.69) is 43.2 Å². The van der Waals surface area contributed by atoms with Gasteiger partial charge in [0.15, 0.2) is 0 Å². The monoisotopic (exact) mass is 472 g/mol. The van der Waals surface area contributed by atoms with Gasteiger partial charge >= 0.3 is 0 Å². The van der Waals surface area contributed by atoms with Gasteiger partial charge in [0.25, 0.3) is 5.91 Å². The summed E-state index contributed by atoms with van der Waals surface area (Å²) in [5, 5.41) is 13.3. The average Bonchev–Trinajstić information content (AvgIpc) is 3.41. The molecule has 34 heavy (non-hydrogen) atoms. The van der Waals surface area contributed by atoms with Crippen molar-refractivity contribution >= 4 is 44.9 Å². The molecule has 2 aromatic carbocycles. The molecular weight excluding hydrogens is 448 g/mol. The maximum atomic E-state index is 13.4. The Bertz CT molecular complexity index is 1440. The van der Waals surface area contributed by atoms with Crippen LogP contribution in [-0.2, 0) is 17.8 Å². The third-order valence-electron chi connectivity index (χ3n) is 6.74. The highest BCUT2D eigenvalue weighted by Crippen LogP contribution is 2.44. The van der Waals surface area contributed by atoms with E-state index >= 15 is 0 Å². The lowest BCUT2D eigenvalue weighted by Crippen LogP contribution is -2.51. The zero-order valence-corrected chi connectivity index (χ0v) is 19.8. The quantitative estimate of drug-likeness (QED) is 0.486. The van der Waals surface area contributed by atoms with Crippen LogP contribution in [0.25, 0.3) is 10.9 Å². The van der Waals surface area contributed by atoms with Gasteiger partial charge in [0.05, 0.1) is 16.9 Å². The number of para-hydroxylation sites is 2. The van der Waals surface area contributed by atoms with Gasteiger partial charge in [-0.1, -0.05) is 41.7 Å². The first kappa shape index (κ1) is 20.9. The van der Waals surface area contributed by atoms with Crippen LogP contribution in [0.5, 0.6) is 0 Å². The molecule has 0 saturated carbocycles. The second kappa shape index (κ2) is 7.95. The number of aryl methyl sites for hydroxylation is 2. The molecule has 0 bridgehead atoms. The van der Waals surface area contributed by atoms with Gasteiger partial charge in [-0.2, -0.15) is 0 Å². The number of carbonyl (C=O) groups is 2. The van der Waals surface area contributed by atoms with Gasteiger partial charge in [0.1, 0.15) is 11.2 Å². The number of amides is 2. The van der Waals surface area contributed by atoms with Gasteiger partial charge in [0.2, 0.25) is 11.0 Å². The molecule has 9 heteroatoms. The number of fused-ring (bicyclic) bond motifs is 6. The van der Waals surface area contributed by atoms with E-state index in [0.717, 1.165) is 33.9 Å². The molecule has 1 N–H and O–H groups in total. The van der Waals surface area contributed by atoms with Gasteiger partial charge < -0.3 is 19.7 Å². The minimum absolute atomic E-state index is 0.0607. The van der Waals surface area contributed by atoms with E-state index in [-0.39, 0.29) is 18.0 Å². The largest absolute Gasteiger partial charge is 0.349 e. The van der Waals surface area contributed by atoms with Crippen molar-refractivity contribution in [3.63, 3.8) is 0 Å². The molecule has 0 radical (unpaired) electrons. The maximum absolute atomic E-state index is 13.4. The van der Waals surface area contributed by atoms with Crippen molar-refractivity contribution in [1.82, 2.24) is 19.7 Å². The predicted octanol–water partition coefficient (Wildman–Crippen LogP) is 3.98. The SMILES string of the molecule is Cc1nnc(NC(=O)CCn2c3c(c4ccccc42)CCN2C(=O)c4ccccc4N(C)C32)s1. The van der Waals surface area contributed by atoms with Gasteiger partial charge in [-0.15, -0.1) is 10.2 Å². The van der Waals surface area contributed by atoms with Gasteiger partial charge in [-0.3, -0.25) is 9.59 Å². The molecule has 0 saturated heterocycles. The van der Waals surface area contributed by atoms with Crippen LogP contribution in [0.1, 0.15) is 39.2 Å². The summed E-state index contributed by atoms with van der Waals surface area (Å²) in [4.78, 5) is 30.3. The second-order valence-corrected chi connectivity index (χ2v) is 9.89. The van der Waals surface area contributed by atoms with Gasteiger partial charge in [-0.25, -0.2) is 0 Å². The third-order valence-corrected chi connectivity index (χ3v) is 7.49. The van der Waals surface area contributed by atoms with Crippen LogP contribution in [0.4, 0.5) is 10.8 Å². The smallest absolute Gasteiger partial charge is 0.257 e. The highest BCUT2D eigenvalue weighted by molar-refractivity contribution is 7.15. The average molecular weight is 473 g/mol. The number of benzene rings is 2. The fourth-order valence-corrected chi connectivity index (χ4v) is 5.90. The van der Waals surface area contributed by atoms with E-state index in [1.807, 2.05) is 49.2 Å². The van der Waals surface area contributed by atoms with Gasteiger partial charge in [0, 0.05) is 37.5 Å². The Morgan fingerprint density at radius 1 is 1.15 bits per heavy atom. The molecule has 1 atom stereocenters. The lowest BCUT2D eigenvalue weighted by atomic mass is 9.96. The Labute approximate surface area is 200 Å². The molecule has 0 aliphatic carbocycles. The summed E-state index contributed by atoms with van der Waals surface area (Å²) in [5.41, 5.74) is 5.11. The van der Waals surface area contributed by atoms with Crippen LogP contribution in [0.3, 0.4) is 0 Å². The van der Waals surface area contributed by atoms with Gasteiger partial charge in [-0.05, 0) is 37.1 Å². The molecule has 2 aromatic heterocycles. The number of aromatic nitrogens is 3. The first-order valence-electron chi connectivity index (χ1n) is 11.4. The number of hydrogen-bond acceptors (Lipinski definition) is 6. The van der Waals surface area contributed by atoms with Crippen molar-refractivity contribution in [3.05, 3.63) is 70.4 Å². The summed E-state index contributed by atoms with van der Waals surface area (Å²) >= 11 is 1.36. The minimum atomic E-state index is -0.215. The molecule has 2 aliphatic rings. The van der Waals surface area contributed by atoms with E-state index in [4.69, 9.17) is 0 Å². The predicted molar refractivity (Wildman–Crippen MR) is 132 cm³/mol. The summed E-state index contributed by atoms with van der Waals surface area (Å²) in [7, 11) is 2.05. The minimum Gasteiger partial charge on any atom is -0.349 e. The van der Waals surface area contributed by atoms with E-state index < -0.39 is 0 Å². The van der Waals surface area contributed by atoms with Crippen LogP contribution >= 0.6 is 11.3 Å². The zero-order valence-electron chi connectivity index (χ0n) is 19.0. The standard InChI is InChI=1S/C25H24N6O2S/c1-15-27-28-25(34-15)26-21(32)12-14-30-20-10-6-3-7-16(20)17-11-13-31-23(22(17)30)29(2)19-9-5-4-8-18(19)24(31)33/h3-10,23H,11-14H2,1-2H3,(H,26,28,32). The summed E-state index contributed by atoms with van der Waals surface area (Å²) in [6.45, 7) is 3.03. The highest BCUT2D eigenvalue weighted by Gasteiger charge is 2.42. The molecular formula is C25H24N6O2S. The van der Waals surface area contributed by atoms with Crippen LogP contribution in [-0.4, -0.2) is 45.1 Å². The molecule has 2 amide bonds. The van der Waals surface area contributed by atoms with Crippen molar-refractivity contribution in [2.75, 3.05) is 23.8 Å². The van der Waals surface area contributed by atoms with E-state index in [0.29, 0.717) is 24.6 Å². The Hall–Kier alpha value is -3.72. The first-order chi connectivity index (χ1) is 16.5. The fourth-order valence-electron chi connectivity index (χ4n) is 5.29. The van der Waals surface area contributed by atoms with Crippen LogP contribution in [0.2, 0.25) is 0 Å². The van der Waals surface area contributed by atoms with Crippen LogP contribution < -0.4 is 10.2 Å². The summed E-state index contributed by atoms with van der Waals surface area (Å²) in [6, 6.07) is 16.1. The van der Waals surface area contributed by atoms with Crippen molar-refractivity contribution in [2.24, 2.45) is 0 Å². The highest BCUT2D eigenvalue weighted by atomic mass is 32.1. The summed E-state index contributed by atoms with van der Waals surface area (Å²) < 4.78 is 2.23. The molecule has 6 rings (SSSR count). The number of rotatable bonds is 4. The lowest BCUT2D eigenvalue weighted by Gasteiger charge is -2.46. The zero-order chi connectivity index (χ0) is 23.4. The second-order valence-electron chi connectivity index (χ2n) is 8.71. The van der Waals surface area contributed by atoms with Crippen LogP contribution in [0, 0.1) is 6.92 Å². The number of nitrogens with zero attached hydrogens (tertiary/aromatic N) is 5. The van der Waals surface area contributed by atoms with E-state index in [1.165, 1.54) is 22.3 Å². The molecule has 172 valence electrons.